The molecule has 10 heteroatoms. The zero-order valence-corrected chi connectivity index (χ0v) is 29.6. The van der Waals surface area contributed by atoms with Crippen LogP contribution in [0.2, 0.25) is 10.0 Å². The molecule has 1 fully saturated rings. The first kappa shape index (κ1) is 35.5. The van der Waals surface area contributed by atoms with Gasteiger partial charge in [-0.15, -0.1) is 0 Å². The normalized spacial score (nSPS) is 14.2. The van der Waals surface area contributed by atoms with E-state index in [2.05, 4.69) is 5.32 Å². The maximum atomic E-state index is 14.7. The van der Waals surface area contributed by atoms with Crippen LogP contribution in [0.15, 0.2) is 102 Å². The second-order valence-corrected chi connectivity index (χ2v) is 15.1. The molecule has 1 saturated carbocycles. The van der Waals surface area contributed by atoms with Crippen molar-refractivity contribution < 1.29 is 18.0 Å². The number of carbonyl (C=O) groups excluding carboxylic acids is 2. The summed E-state index contributed by atoms with van der Waals surface area (Å²) in [4.78, 5) is 30.5. The molecule has 1 N–H and O–H groups in total. The van der Waals surface area contributed by atoms with Crippen LogP contribution in [0, 0.1) is 13.8 Å². The van der Waals surface area contributed by atoms with Crippen LogP contribution in [0.4, 0.5) is 5.69 Å². The molecular weight excluding hydrogens is 665 g/mol. The van der Waals surface area contributed by atoms with E-state index in [1.165, 1.54) is 17.0 Å². The standard InChI is InChI=1S/C38H41Cl2N3O4S/c1-27-16-22-33(23-17-27)48(46,47)43(35-15-9-14-34(40)28(35)2)26-37(44)42(25-30-18-20-31(39)21-19-30)36(24-29-10-5-3-6-11-29)38(45)41-32-12-7-4-8-13-32/h3,5-6,9-11,14-23,32,36H,4,7-8,12-13,24-26H2,1-2H3,(H,41,45). The van der Waals surface area contributed by atoms with E-state index >= 15 is 0 Å². The van der Waals surface area contributed by atoms with E-state index in [1.807, 2.05) is 49.4 Å². The molecule has 2 amide bonds. The maximum absolute atomic E-state index is 14.7. The van der Waals surface area contributed by atoms with Crippen molar-refractivity contribution in [3.05, 3.63) is 129 Å². The second-order valence-electron chi connectivity index (χ2n) is 12.4. The van der Waals surface area contributed by atoms with Gasteiger partial charge in [-0.05, 0) is 79.8 Å². The molecule has 0 aliphatic heterocycles. The van der Waals surface area contributed by atoms with Crippen LogP contribution in [-0.2, 0) is 32.6 Å². The second kappa shape index (κ2) is 16.0. The highest BCUT2D eigenvalue weighted by Gasteiger charge is 2.36. The summed E-state index contributed by atoms with van der Waals surface area (Å²) in [6, 6.07) is 27.2. The number of aryl methyl sites for hydroxylation is 1. The van der Waals surface area contributed by atoms with Crippen LogP contribution in [0.3, 0.4) is 0 Å². The first-order valence-corrected chi connectivity index (χ1v) is 18.5. The molecular formula is C38H41Cl2N3O4S. The van der Waals surface area contributed by atoms with Crippen LogP contribution in [0.25, 0.3) is 0 Å². The molecule has 5 rings (SSSR count). The van der Waals surface area contributed by atoms with Gasteiger partial charge >= 0.3 is 0 Å². The lowest BCUT2D eigenvalue weighted by atomic mass is 9.94. The Bertz CT molecular complexity index is 1810. The fraction of sp³-hybridized carbons (Fsp3) is 0.316. The number of carbonyl (C=O) groups is 2. The van der Waals surface area contributed by atoms with Gasteiger partial charge in [0.2, 0.25) is 11.8 Å². The fourth-order valence-corrected chi connectivity index (χ4v) is 7.87. The molecule has 0 saturated heterocycles. The van der Waals surface area contributed by atoms with Crippen molar-refractivity contribution in [1.29, 1.82) is 0 Å². The number of amides is 2. The van der Waals surface area contributed by atoms with E-state index in [-0.39, 0.29) is 35.5 Å². The Morgan fingerprint density at radius 3 is 2.15 bits per heavy atom. The number of hydrogen-bond donors (Lipinski definition) is 1. The Morgan fingerprint density at radius 1 is 0.812 bits per heavy atom. The quantitative estimate of drug-likeness (QED) is 0.162. The van der Waals surface area contributed by atoms with E-state index in [1.54, 1.807) is 49.4 Å². The summed E-state index contributed by atoms with van der Waals surface area (Å²) in [6.07, 6.45) is 5.21. The van der Waals surface area contributed by atoms with E-state index in [4.69, 9.17) is 23.2 Å². The molecule has 0 aromatic heterocycles. The third kappa shape index (κ3) is 8.78. The molecule has 252 valence electrons. The Hall–Kier alpha value is -3.85. The van der Waals surface area contributed by atoms with Gasteiger partial charge in [0.05, 0.1) is 10.6 Å². The summed E-state index contributed by atoms with van der Waals surface area (Å²) in [6.45, 7) is 3.12. The lowest BCUT2D eigenvalue weighted by Crippen LogP contribution is -2.55. The molecule has 4 aromatic rings. The van der Waals surface area contributed by atoms with E-state index < -0.39 is 28.5 Å². The minimum Gasteiger partial charge on any atom is -0.352 e. The molecule has 0 bridgehead atoms. The first-order valence-electron chi connectivity index (χ1n) is 16.3. The van der Waals surface area contributed by atoms with Crippen LogP contribution in [0.5, 0.6) is 0 Å². The van der Waals surface area contributed by atoms with Gasteiger partial charge in [0.15, 0.2) is 0 Å². The Kier molecular flexibility index (Phi) is 11.8. The molecule has 0 radical (unpaired) electrons. The number of halogens is 2. The summed E-state index contributed by atoms with van der Waals surface area (Å²) in [5.41, 5.74) is 3.34. The summed E-state index contributed by atoms with van der Waals surface area (Å²) in [5.74, 6) is -0.792. The summed E-state index contributed by atoms with van der Waals surface area (Å²) >= 11 is 12.7. The van der Waals surface area contributed by atoms with Gasteiger partial charge in [-0.25, -0.2) is 8.42 Å². The predicted molar refractivity (Wildman–Crippen MR) is 193 cm³/mol. The largest absolute Gasteiger partial charge is 0.352 e. The number of benzene rings is 4. The minimum atomic E-state index is -4.24. The lowest BCUT2D eigenvalue weighted by molar-refractivity contribution is -0.140. The number of hydrogen-bond acceptors (Lipinski definition) is 4. The van der Waals surface area contributed by atoms with Crippen molar-refractivity contribution in [3.63, 3.8) is 0 Å². The number of nitrogens with zero attached hydrogens (tertiary/aromatic N) is 2. The fourth-order valence-electron chi connectivity index (χ4n) is 6.10. The van der Waals surface area contributed by atoms with E-state index in [9.17, 15) is 18.0 Å². The third-order valence-electron chi connectivity index (χ3n) is 8.88. The SMILES string of the molecule is Cc1ccc(S(=O)(=O)N(CC(=O)N(Cc2ccc(Cl)cc2)C(Cc2ccccc2)C(=O)NC2CCCCC2)c2cccc(Cl)c2C)cc1. The molecule has 1 aliphatic carbocycles. The predicted octanol–water partition coefficient (Wildman–Crippen LogP) is 7.89. The molecule has 1 unspecified atom stereocenters. The number of anilines is 1. The monoisotopic (exact) mass is 705 g/mol. The van der Waals surface area contributed by atoms with Crippen molar-refractivity contribution in [3.8, 4) is 0 Å². The smallest absolute Gasteiger partial charge is 0.264 e. The highest BCUT2D eigenvalue weighted by Crippen LogP contribution is 2.32. The van der Waals surface area contributed by atoms with Gasteiger partial charge in [0, 0.05) is 29.1 Å². The molecule has 0 heterocycles. The summed E-state index contributed by atoms with van der Waals surface area (Å²) in [5, 5.41) is 4.14. The highest BCUT2D eigenvalue weighted by atomic mass is 35.5. The van der Waals surface area contributed by atoms with E-state index in [0.717, 1.165) is 53.1 Å². The van der Waals surface area contributed by atoms with Crippen molar-refractivity contribution in [2.45, 2.75) is 75.9 Å². The molecule has 0 spiro atoms. The molecule has 7 nitrogen and oxygen atoms in total. The molecule has 1 atom stereocenters. The van der Waals surface area contributed by atoms with Crippen molar-refractivity contribution in [1.82, 2.24) is 10.2 Å². The van der Waals surface area contributed by atoms with Crippen LogP contribution in [0.1, 0.15) is 54.4 Å². The topological polar surface area (TPSA) is 86.8 Å². The number of sulfonamides is 1. The molecule has 4 aromatic carbocycles. The molecule has 48 heavy (non-hydrogen) atoms. The lowest BCUT2D eigenvalue weighted by Gasteiger charge is -2.35. The van der Waals surface area contributed by atoms with Gasteiger partial charge in [0.25, 0.3) is 10.0 Å². The first-order chi connectivity index (χ1) is 23.0. The highest BCUT2D eigenvalue weighted by molar-refractivity contribution is 7.92. The van der Waals surface area contributed by atoms with Gasteiger partial charge in [-0.3, -0.25) is 13.9 Å². The average molecular weight is 707 g/mol. The Labute approximate surface area is 293 Å². The summed E-state index contributed by atoms with van der Waals surface area (Å²) < 4.78 is 29.8. The third-order valence-corrected chi connectivity index (χ3v) is 11.3. The van der Waals surface area contributed by atoms with Crippen LogP contribution < -0.4 is 9.62 Å². The van der Waals surface area contributed by atoms with Gasteiger partial charge in [0.1, 0.15) is 12.6 Å². The minimum absolute atomic E-state index is 0.0181. The average Bonchev–Trinajstić information content (AvgIpc) is 3.08. The van der Waals surface area contributed by atoms with E-state index in [0.29, 0.717) is 15.6 Å². The van der Waals surface area contributed by atoms with Crippen molar-refractivity contribution in [2.24, 2.45) is 0 Å². The summed E-state index contributed by atoms with van der Waals surface area (Å²) in [7, 11) is -4.24. The van der Waals surface area contributed by atoms with Crippen molar-refractivity contribution in [2.75, 3.05) is 10.8 Å². The van der Waals surface area contributed by atoms with Crippen molar-refractivity contribution >= 4 is 50.7 Å². The molecule has 1 aliphatic rings. The van der Waals surface area contributed by atoms with Gasteiger partial charge < -0.3 is 10.2 Å². The zero-order chi connectivity index (χ0) is 34.3. The Balaban J connectivity index is 1.58. The Morgan fingerprint density at radius 2 is 1.48 bits per heavy atom. The van der Waals surface area contributed by atoms with Gasteiger partial charge in [-0.1, -0.05) is 109 Å². The van der Waals surface area contributed by atoms with Gasteiger partial charge in [-0.2, -0.15) is 0 Å². The van der Waals surface area contributed by atoms with Crippen LogP contribution >= 0.6 is 23.2 Å². The number of nitrogens with one attached hydrogen (secondary N) is 1. The zero-order valence-electron chi connectivity index (χ0n) is 27.2. The van der Waals surface area contributed by atoms with Crippen LogP contribution in [-0.4, -0.2) is 43.8 Å². The number of rotatable bonds is 12. The maximum Gasteiger partial charge on any atom is 0.264 e.